The van der Waals surface area contributed by atoms with Crippen molar-refractivity contribution in [1.29, 1.82) is 10.5 Å². The smallest absolute Gasteiger partial charge is 0.263 e. The number of carbonyl (C=O) groups is 1. The van der Waals surface area contributed by atoms with Gasteiger partial charge in [-0.05, 0) is 85.3 Å². The molecule has 0 saturated heterocycles. The molecular weight excluding hydrogens is 380 g/mol. The predicted octanol–water partition coefficient (Wildman–Crippen LogP) is 4.84. The lowest BCUT2D eigenvalue weighted by atomic mass is 9.89. The predicted molar refractivity (Wildman–Crippen MR) is 115 cm³/mol. The molecular formula is C23H22N4OS. The Morgan fingerprint density at radius 3 is 2.52 bits per heavy atom. The van der Waals surface area contributed by atoms with E-state index in [0.29, 0.717) is 0 Å². The summed E-state index contributed by atoms with van der Waals surface area (Å²) in [4.78, 5) is 13.4. The number of nitrogens with one attached hydrogen (secondary N) is 2. The van der Waals surface area contributed by atoms with Crippen molar-refractivity contribution in [3.8, 4) is 11.5 Å². The zero-order valence-electron chi connectivity index (χ0n) is 16.2. The summed E-state index contributed by atoms with van der Waals surface area (Å²) in [6, 6.07) is 15.3. The van der Waals surface area contributed by atoms with Crippen LogP contribution in [0.5, 0.6) is 0 Å². The molecule has 0 saturated carbocycles. The van der Waals surface area contributed by atoms with Crippen molar-refractivity contribution in [2.75, 3.05) is 5.32 Å². The third kappa shape index (κ3) is 5.40. The first-order valence-corrected chi connectivity index (χ1v) is 10.4. The van der Waals surface area contributed by atoms with Gasteiger partial charge < -0.3 is 10.6 Å². The van der Waals surface area contributed by atoms with E-state index >= 15 is 0 Å². The molecule has 0 heterocycles. The molecule has 0 aliphatic heterocycles. The number of amides is 1. The molecule has 0 fully saturated rings. The van der Waals surface area contributed by atoms with Crippen LogP contribution in [0.15, 0.2) is 59.1 Å². The van der Waals surface area contributed by atoms with Gasteiger partial charge in [-0.15, -0.1) is 0 Å². The van der Waals surface area contributed by atoms with Gasteiger partial charge in [0.05, 0.1) is 6.04 Å². The number of nitriles is 2. The maximum absolute atomic E-state index is 12.5. The molecule has 146 valence electrons. The summed E-state index contributed by atoms with van der Waals surface area (Å²) in [5.41, 5.74) is 4.56. The zero-order valence-corrected chi connectivity index (χ0v) is 17.1. The van der Waals surface area contributed by atoms with E-state index < -0.39 is 5.91 Å². The Kier molecular flexibility index (Phi) is 6.94. The number of rotatable bonds is 6. The van der Waals surface area contributed by atoms with E-state index in [1.54, 1.807) is 24.3 Å². The summed E-state index contributed by atoms with van der Waals surface area (Å²) in [5.74, 6) is -0.415. The van der Waals surface area contributed by atoms with Gasteiger partial charge in [0.1, 0.15) is 17.0 Å². The van der Waals surface area contributed by atoms with Crippen LogP contribution < -0.4 is 10.6 Å². The fraction of sp³-hybridized carbons (Fsp3) is 0.261. The summed E-state index contributed by atoms with van der Waals surface area (Å²) in [5, 5.41) is 25.9. The van der Waals surface area contributed by atoms with E-state index in [2.05, 4.69) is 28.8 Å². The average Bonchev–Trinajstić information content (AvgIpc) is 2.75. The number of anilines is 1. The third-order valence-electron chi connectivity index (χ3n) is 4.99. The number of thiocyanates is 1. The van der Waals surface area contributed by atoms with Crippen LogP contribution in [0.2, 0.25) is 0 Å². The van der Waals surface area contributed by atoms with Crippen molar-refractivity contribution >= 4 is 23.4 Å². The Morgan fingerprint density at radius 1 is 1.10 bits per heavy atom. The summed E-state index contributed by atoms with van der Waals surface area (Å²) in [6.07, 6.45) is 6.06. The van der Waals surface area contributed by atoms with Crippen LogP contribution in [-0.4, -0.2) is 5.91 Å². The summed E-state index contributed by atoms with van der Waals surface area (Å²) < 4.78 is 0. The standard InChI is InChI=1S/C23H22N4OS/c1-16(18-7-6-17-4-2-3-5-19(17)12-18)27-23(28)20(13-24)14-26-21-8-10-22(11-9-21)29-15-25/h6-12,14,16,26H,2-5H2,1H3,(H,27,28)/b20-14-. The van der Waals surface area contributed by atoms with Crippen molar-refractivity contribution in [2.45, 2.75) is 43.5 Å². The fourth-order valence-corrected chi connectivity index (χ4v) is 3.73. The first-order valence-electron chi connectivity index (χ1n) is 9.56. The number of carbonyl (C=O) groups excluding carboxylic acids is 1. The Labute approximate surface area is 175 Å². The molecule has 0 spiro atoms. The topological polar surface area (TPSA) is 88.7 Å². The lowest BCUT2D eigenvalue weighted by molar-refractivity contribution is -0.117. The van der Waals surface area contributed by atoms with Gasteiger partial charge in [0.15, 0.2) is 0 Å². The largest absolute Gasteiger partial charge is 0.360 e. The Balaban J connectivity index is 1.63. The molecule has 1 aliphatic rings. The monoisotopic (exact) mass is 402 g/mol. The van der Waals surface area contributed by atoms with Gasteiger partial charge in [0.2, 0.25) is 0 Å². The number of thioether (sulfide) groups is 1. The first-order chi connectivity index (χ1) is 14.1. The molecule has 3 rings (SSSR count). The molecule has 1 aliphatic carbocycles. The third-order valence-corrected chi connectivity index (χ3v) is 5.59. The van der Waals surface area contributed by atoms with Crippen LogP contribution in [0.4, 0.5) is 5.69 Å². The summed E-state index contributed by atoms with van der Waals surface area (Å²) in [6.45, 7) is 1.93. The van der Waals surface area contributed by atoms with Crippen LogP contribution in [0, 0.1) is 22.0 Å². The van der Waals surface area contributed by atoms with Crippen LogP contribution >= 0.6 is 11.8 Å². The van der Waals surface area contributed by atoms with Crippen molar-refractivity contribution in [3.63, 3.8) is 0 Å². The average molecular weight is 403 g/mol. The van der Waals surface area contributed by atoms with Gasteiger partial charge >= 0.3 is 0 Å². The summed E-state index contributed by atoms with van der Waals surface area (Å²) >= 11 is 1.08. The zero-order chi connectivity index (χ0) is 20.6. The van der Waals surface area contributed by atoms with Gasteiger partial charge in [-0.3, -0.25) is 4.79 Å². The minimum Gasteiger partial charge on any atom is -0.360 e. The van der Waals surface area contributed by atoms with Gasteiger partial charge in [0.25, 0.3) is 5.91 Å². The van der Waals surface area contributed by atoms with Gasteiger partial charge in [-0.25, -0.2) is 0 Å². The van der Waals surface area contributed by atoms with Crippen LogP contribution in [0.1, 0.15) is 42.5 Å². The highest BCUT2D eigenvalue weighted by atomic mass is 32.2. The van der Waals surface area contributed by atoms with E-state index in [1.807, 2.05) is 18.4 Å². The molecule has 29 heavy (non-hydrogen) atoms. The van der Waals surface area contributed by atoms with Crippen molar-refractivity contribution in [3.05, 3.63) is 70.9 Å². The minimum absolute atomic E-state index is 0.00489. The highest BCUT2D eigenvalue weighted by Crippen LogP contribution is 2.25. The quantitative estimate of drug-likeness (QED) is 0.312. The van der Waals surface area contributed by atoms with Crippen LogP contribution in [-0.2, 0) is 17.6 Å². The second-order valence-corrected chi connectivity index (χ2v) is 7.82. The molecule has 1 unspecified atom stereocenters. The molecule has 2 aromatic carbocycles. The van der Waals surface area contributed by atoms with Crippen LogP contribution in [0.3, 0.4) is 0 Å². The lowest BCUT2D eigenvalue weighted by Gasteiger charge is -2.20. The van der Waals surface area contributed by atoms with Gasteiger partial charge in [-0.1, -0.05) is 18.2 Å². The Morgan fingerprint density at radius 2 is 1.83 bits per heavy atom. The fourth-order valence-electron chi connectivity index (χ4n) is 3.36. The van der Waals surface area contributed by atoms with Gasteiger partial charge in [-0.2, -0.15) is 10.5 Å². The van der Waals surface area contributed by atoms with Crippen molar-refractivity contribution < 1.29 is 4.79 Å². The second-order valence-electron chi connectivity index (χ2n) is 6.96. The van der Waals surface area contributed by atoms with Gasteiger partial charge in [0, 0.05) is 16.8 Å². The van der Waals surface area contributed by atoms with E-state index in [-0.39, 0.29) is 11.6 Å². The number of aryl methyl sites for hydroxylation is 2. The maximum Gasteiger partial charge on any atom is 0.263 e. The van der Waals surface area contributed by atoms with Crippen molar-refractivity contribution in [2.24, 2.45) is 0 Å². The Bertz CT molecular complexity index is 999. The van der Waals surface area contributed by atoms with Crippen LogP contribution in [0.25, 0.3) is 0 Å². The number of hydrogen-bond donors (Lipinski definition) is 2. The highest BCUT2D eigenvalue weighted by Gasteiger charge is 2.16. The Hall–Kier alpha value is -3.22. The molecule has 1 amide bonds. The molecule has 6 heteroatoms. The second kappa shape index (κ2) is 9.82. The first kappa shape index (κ1) is 20.5. The number of fused-ring (bicyclic) bond motifs is 1. The minimum atomic E-state index is -0.415. The molecule has 0 radical (unpaired) electrons. The normalized spacial score (nSPS) is 14.1. The molecule has 2 aromatic rings. The van der Waals surface area contributed by atoms with Crippen molar-refractivity contribution in [1.82, 2.24) is 5.32 Å². The SMILES string of the molecule is CC(NC(=O)/C(C#N)=C\Nc1ccc(SC#N)cc1)c1ccc2c(c1)CCCC2. The maximum atomic E-state index is 12.5. The molecule has 2 N–H and O–H groups in total. The number of benzene rings is 2. The lowest BCUT2D eigenvalue weighted by Crippen LogP contribution is -2.28. The highest BCUT2D eigenvalue weighted by molar-refractivity contribution is 8.03. The molecule has 0 aromatic heterocycles. The van der Waals surface area contributed by atoms with E-state index in [1.165, 1.54) is 30.2 Å². The molecule has 5 nitrogen and oxygen atoms in total. The van der Waals surface area contributed by atoms with E-state index in [4.69, 9.17) is 5.26 Å². The number of nitrogens with zero attached hydrogens (tertiary/aromatic N) is 2. The van der Waals surface area contributed by atoms with E-state index in [0.717, 1.165) is 40.7 Å². The van der Waals surface area contributed by atoms with E-state index in [9.17, 15) is 10.1 Å². The molecule has 0 bridgehead atoms. The summed E-state index contributed by atoms with van der Waals surface area (Å²) in [7, 11) is 0. The number of hydrogen-bond acceptors (Lipinski definition) is 5. The molecule has 1 atom stereocenters.